The number of anilines is 1. The first-order valence-corrected chi connectivity index (χ1v) is 9.22. The van der Waals surface area contributed by atoms with Gasteiger partial charge in [-0.25, -0.2) is 4.98 Å². The van der Waals surface area contributed by atoms with Crippen LogP contribution in [0.25, 0.3) is 10.9 Å². The summed E-state index contributed by atoms with van der Waals surface area (Å²) in [6, 6.07) is 10.6. The molecule has 31 heavy (non-hydrogen) atoms. The molecule has 0 saturated carbocycles. The first-order valence-electron chi connectivity index (χ1n) is 9.22. The smallest absolute Gasteiger partial charge is 0.271 e. The molecule has 11 heteroatoms. The summed E-state index contributed by atoms with van der Waals surface area (Å²) in [5, 5.41) is 16.4. The Balaban J connectivity index is 1.55. The number of ether oxygens (including phenoxy) is 1. The number of carbonyl (C=O) groups is 2. The van der Waals surface area contributed by atoms with Gasteiger partial charge in [0.1, 0.15) is 12.3 Å². The number of hydrogen-bond donors (Lipinski definition) is 2. The Kier molecular flexibility index (Phi) is 6.55. The molecule has 1 aromatic heterocycles. The summed E-state index contributed by atoms with van der Waals surface area (Å²) in [6.07, 6.45) is 1.22. The van der Waals surface area contributed by atoms with Crippen molar-refractivity contribution in [1.82, 2.24) is 14.9 Å². The highest BCUT2D eigenvalue weighted by molar-refractivity contribution is 5.93. The highest BCUT2D eigenvalue weighted by Gasteiger charge is 2.14. The molecule has 2 N–H and O–H groups in total. The predicted molar refractivity (Wildman–Crippen MR) is 112 cm³/mol. The molecule has 3 rings (SSSR count). The number of benzene rings is 2. The minimum absolute atomic E-state index is 0.0116. The van der Waals surface area contributed by atoms with Crippen molar-refractivity contribution in [2.24, 2.45) is 0 Å². The predicted octanol–water partition coefficient (Wildman–Crippen LogP) is 1.46. The Labute approximate surface area is 175 Å². The lowest BCUT2D eigenvalue weighted by atomic mass is 10.2. The summed E-state index contributed by atoms with van der Waals surface area (Å²) >= 11 is 0. The lowest BCUT2D eigenvalue weighted by Gasteiger charge is -2.11. The highest BCUT2D eigenvalue weighted by Crippen LogP contribution is 2.28. The SMILES string of the molecule is COc1ccc([N+](=O)[O-])cc1NC(=O)CCNC(=O)Cn1cnc2ccccc2c1=O. The van der Waals surface area contributed by atoms with Gasteiger partial charge in [-0.3, -0.25) is 29.1 Å². The van der Waals surface area contributed by atoms with Crippen molar-refractivity contribution in [3.8, 4) is 5.75 Å². The van der Waals surface area contributed by atoms with E-state index in [1.165, 1.54) is 36.2 Å². The largest absolute Gasteiger partial charge is 0.495 e. The standard InChI is InChI=1S/C20H19N5O6/c1-31-17-7-6-13(25(29)30)10-16(17)23-18(26)8-9-21-19(27)11-24-12-22-15-5-3-2-4-14(15)20(24)28/h2-7,10,12H,8-9,11H2,1H3,(H,21,27)(H,23,26). The molecule has 0 bridgehead atoms. The first-order chi connectivity index (χ1) is 14.9. The van der Waals surface area contributed by atoms with Crippen molar-refractivity contribution in [2.75, 3.05) is 19.0 Å². The van der Waals surface area contributed by atoms with E-state index < -0.39 is 16.7 Å². The van der Waals surface area contributed by atoms with Crippen LogP contribution in [0.1, 0.15) is 6.42 Å². The number of nitrogens with one attached hydrogen (secondary N) is 2. The van der Waals surface area contributed by atoms with Gasteiger partial charge in [0.25, 0.3) is 11.2 Å². The van der Waals surface area contributed by atoms with E-state index in [0.29, 0.717) is 10.9 Å². The molecule has 160 valence electrons. The van der Waals surface area contributed by atoms with E-state index in [0.717, 1.165) is 0 Å². The van der Waals surface area contributed by atoms with Crippen LogP contribution in [0.2, 0.25) is 0 Å². The monoisotopic (exact) mass is 425 g/mol. The van der Waals surface area contributed by atoms with Crippen LogP contribution in [0.3, 0.4) is 0 Å². The zero-order valence-corrected chi connectivity index (χ0v) is 16.5. The molecule has 2 aromatic carbocycles. The summed E-state index contributed by atoms with van der Waals surface area (Å²) < 4.78 is 6.27. The highest BCUT2D eigenvalue weighted by atomic mass is 16.6. The third-order valence-electron chi connectivity index (χ3n) is 4.39. The molecule has 1 heterocycles. The second kappa shape index (κ2) is 9.48. The van der Waals surface area contributed by atoms with Crippen LogP contribution in [-0.4, -0.2) is 39.9 Å². The molecule has 0 aliphatic heterocycles. The number of carbonyl (C=O) groups excluding carboxylic acids is 2. The summed E-state index contributed by atoms with van der Waals surface area (Å²) in [5.74, 6) is -0.658. The Hall–Kier alpha value is -4.28. The van der Waals surface area contributed by atoms with Gasteiger partial charge < -0.3 is 15.4 Å². The van der Waals surface area contributed by atoms with Gasteiger partial charge in [0.2, 0.25) is 11.8 Å². The van der Waals surface area contributed by atoms with E-state index in [9.17, 15) is 24.5 Å². The molecular weight excluding hydrogens is 406 g/mol. The molecule has 0 radical (unpaired) electrons. The maximum Gasteiger partial charge on any atom is 0.271 e. The van der Waals surface area contributed by atoms with Gasteiger partial charge in [-0.05, 0) is 18.2 Å². The van der Waals surface area contributed by atoms with E-state index in [2.05, 4.69) is 15.6 Å². The second-order valence-electron chi connectivity index (χ2n) is 6.48. The molecule has 3 aromatic rings. The fourth-order valence-corrected chi connectivity index (χ4v) is 2.86. The second-order valence-corrected chi connectivity index (χ2v) is 6.48. The Morgan fingerprint density at radius 2 is 1.97 bits per heavy atom. The molecule has 0 fully saturated rings. The average molecular weight is 425 g/mol. The van der Waals surface area contributed by atoms with Crippen LogP contribution in [-0.2, 0) is 16.1 Å². The van der Waals surface area contributed by atoms with Crippen molar-refractivity contribution in [1.29, 1.82) is 0 Å². The number of aromatic nitrogens is 2. The summed E-state index contributed by atoms with van der Waals surface area (Å²) in [7, 11) is 1.38. The minimum atomic E-state index is -0.584. The van der Waals surface area contributed by atoms with Gasteiger partial charge in [-0.2, -0.15) is 0 Å². The van der Waals surface area contributed by atoms with E-state index in [1.54, 1.807) is 24.3 Å². The zero-order valence-electron chi connectivity index (χ0n) is 16.5. The number of hydrogen-bond acceptors (Lipinski definition) is 7. The van der Waals surface area contributed by atoms with Gasteiger partial charge in [-0.15, -0.1) is 0 Å². The Morgan fingerprint density at radius 1 is 1.19 bits per heavy atom. The Morgan fingerprint density at radius 3 is 2.71 bits per heavy atom. The van der Waals surface area contributed by atoms with Gasteiger partial charge in [0, 0.05) is 25.1 Å². The van der Waals surface area contributed by atoms with Crippen molar-refractivity contribution >= 4 is 34.1 Å². The normalized spacial score (nSPS) is 10.5. The van der Waals surface area contributed by atoms with E-state index >= 15 is 0 Å². The fraction of sp³-hybridized carbons (Fsp3) is 0.200. The number of fused-ring (bicyclic) bond motifs is 1. The van der Waals surface area contributed by atoms with Crippen molar-refractivity contribution in [3.63, 3.8) is 0 Å². The summed E-state index contributed by atoms with van der Waals surface area (Å²) in [5.41, 5.74) is 0.161. The van der Waals surface area contributed by atoms with Crippen LogP contribution >= 0.6 is 0 Å². The van der Waals surface area contributed by atoms with E-state index in [1.807, 2.05) is 0 Å². The molecule has 0 aliphatic rings. The Bertz CT molecular complexity index is 1210. The van der Waals surface area contributed by atoms with Gasteiger partial charge in [-0.1, -0.05) is 12.1 Å². The zero-order chi connectivity index (χ0) is 22.4. The number of para-hydroxylation sites is 1. The minimum Gasteiger partial charge on any atom is -0.495 e. The molecule has 11 nitrogen and oxygen atoms in total. The van der Waals surface area contributed by atoms with Crippen molar-refractivity contribution in [2.45, 2.75) is 13.0 Å². The van der Waals surface area contributed by atoms with Gasteiger partial charge >= 0.3 is 0 Å². The molecule has 0 saturated heterocycles. The van der Waals surface area contributed by atoms with Crippen LogP contribution in [0.5, 0.6) is 5.75 Å². The number of non-ortho nitro benzene ring substituents is 1. The van der Waals surface area contributed by atoms with Crippen molar-refractivity contribution in [3.05, 3.63) is 69.3 Å². The number of nitro groups is 1. The van der Waals surface area contributed by atoms with Crippen LogP contribution < -0.4 is 20.9 Å². The maximum absolute atomic E-state index is 12.4. The summed E-state index contributed by atoms with van der Waals surface area (Å²) in [6.45, 7) is -0.228. The molecule has 0 aliphatic carbocycles. The van der Waals surface area contributed by atoms with E-state index in [-0.39, 0.29) is 42.2 Å². The van der Waals surface area contributed by atoms with Crippen LogP contribution in [0.4, 0.5) is 11.4 Å². The fourth-order valence-electron chi connectivity index (χ4n) is 2.86. The van der Waals surface area contributed by atoms with Crippen LogP contribution in [0.15, 0.2) is 53.6 Å². The lowest BCUT2D eigenvalue weighted by Crippen LogP contribution is -2.34. The topological polar surface area (TPSA) is 145 Å². The average Bonchev–Trinajstić information content (AvgIpc) is 2.75. The third kappa shape index (κ3) is 5.21. The molecular formula is C20H19N5O6. The first kappa shape index (κ1) is 21.4. The van der Waals surface area contributed by atoms with E-state index in [4.69, 9.17) is 4.74 Å². The molecule has 0 unspecified atom stereocenters. The van der Waals surface area contributed by atoms with Crippen LogP contribution in [0, 0.1) is 10.1 Å². The third-order valence-corrected chi connectivity index (χ3v) is 4.39. The van der Waals surface area contributed by atoms with Crippen molar-refractivity contribution < 1.29 is 19.2 Å². The summed E-state index contributed by atoms with van der Waals surface area (Å²) in [4.78, 5) is 51.2. The number of rotatable bonds is 8. The molecule has 0 atom stereocenters. The number of nitro benzene ring substituents is 1. The number of amides is 2. The maximum atomic E-state index is 12.4. The van der Waals surface area contributed by atoms with Gasteiger partial charge in [0.05, 0.1) is 35.0 Å². The van der Waals surface area contributed by atoms with Gasteiger partial charge in [0.15, 0.2) is 0 Å². The molecule has 0 spiro atoms. The lowest BCUT2D eigenvalue weighted by molar-refractivity contribution is -0.384. The quantitative estimate of drug-likeness (QED) is 0.410. The molecule has 2 amide bonds. The number of methoxy groups -OCH3 is 1. The number of nitrogens with zero attached hydrogens (tertiary/aromatic N) is 3.